The molecule has 114 valence electrons. The maximum atomic E-state index is 4.63. The summed E-state index contributed by atoms with van der Waals surface area (Å²) in [4.78, 5) is 9.10. The van der Waals surface area contributed by atoms with E-state index in [1.54, 1.807) is 11.3 Å². The summed E-state index contributed by atoms with van der Waals surface area (Å²) in [7, 11) is 0. The predicted octanol–water partition coefficient (Wildman–Crippen LogP) is 2.98. The highest BCUT2D eigenvalue weighted by Gasteiger charge is 2.08. The van der Waals surface area contributed by atoms with E-state index in [1.165, 1.54) is 5.01 Å². The minimum atomic E-state index is 0.425. The number of nitrogens with zero attached hydrogens (tertiary/aromatic N) is 2. The van der Waals surface area contributed by atoms with Gasteiger partial charge in [-0.05, 0) is 33.1 Å². The Balaban J connectivity index is 2.38. The number of hydrogen-bond donors (Lipinski definition) is 2. The summed E-state index contributed by atoms with van der Waals surface area (Å²) in [6.07, 6.45) is 2.06. The molecule has 1 heterocycles. The summed E-state index contributed by atoms with van der Waals surface area (Å²) >= 11 is 1.74. The molecule has 1 aromatic heterocycles. The lowest BCUT2D eigenvalue weighted by molar-refractivity contribution is 0.481. The smallest absolute Gasteiger partial charge is 0.191 e. The zero-order valence-electron chi connectivity index (χ0n) is 13.4. The summed E-state index contributed by atoms with van der Waals surface area (Å²) in [5.74, 6) is 1.51. The SMILES string of the molecule is CCNC(=NCCCc1nc(C)cs1)NC(C)C(C)C. The first-order chi connectivity index (χ1) is 9.52. The summed E-state index contributed by atoms with van der Waals surface area (Å²) in [6, 6.07) is 0.425. The van der Waals surface area contributed by atoms with Crippen molar-refractivity contribution in [3.63, 3.8) is 0 Å². The molecular weight excluding hydrogens is 268 g/mol. The summed E-state index contributed by atoms with van der Waals surface area (Å²) < 4.78 is 0. The second-order valence-electron chi connectivity index (χ2n) is 5.42. The number of rotatable bonds is 7. The molecule has 0 amide bonds. The van der Waals surface area contributed by atoms with Gasteiger partial charge in [0.25, 0.3) is 0 Å². The van der Waals surface area contributed by atoms with Gasteiger partial charge in [0.15, 0.2) is 5.96 Å². The lowest BCUT2D eigenvalue weighted by atomic mass is 10.1. The van der Waals surface area contributed by atoms with Gasteiger partial charge in [-0.2, -0.15) is 0 Å². The second kappa shape index (κ2) is 8.95. The van der Waals surface area contributed by atoms with E-state index in [9.17, 15) is 0 Å². The Kier molecular flexibility index (Phi) is 7.59. The van der Waals surface area contributed by atoms with Crippen LogP contribution in [0.25, 0.3) is 0 Å². The molecule has 0 spiro atoms. The zero-order valence-corrected chi connectivity index (χ0v) is 14.2. The molecule has 1 rings (SSSR count). The standard InChI is InChI=1S/C15H28N4S/c1-6-16-15(19-13(5)11(2)3)17-9-7-8-14-18-12(4)10-20-14/h10-11,13H,6-9H2,1-5H3,(H2,16,17,19). The van der Waals surface area contributed by atoms with Crippen LogP contribution in [0.1, 0.15) is 44.8 Å². The van der Waals surface area contributed by atoms with Gasteiger partial charge in [-0.25, -0.2) is 4.98 Å². The molecule has 0 saturated heterocycles. The highest BCUT2D eigenvalue weighted by atomic mass is 32.1. The fourth-order valence-corrected chi connectivity index (χ4v) is 2.46. The van der Waals surface area contributed by atoms with E-state index in [4.69, 9.17) is 0 Å². The maximum Gasteiger partial charge on any atom is 0.191 e. The van der Waals surface area contributed by atoms with E-state index in [2.05, 4.69) is 53.7 Å². The van der Waals surface area contributed by atoms with Crippen molar-refractivity contribution in [2.24, 2.45) is 10.9 Å². The number of thiazole rings is 1. The van der Waals surface area contributed by atoms with Gasteiger partial charge in [-0.1, -0.05) is 13.8 Å². The minimum absolute atomic E-state index is 0.425. The third-order valence-corrected chi connectivity index (χ3v) is 4.22. The molecule has 4 nitrogen and oxygen atoms in total. The molecular formula is C15H28N4S. The fourth-order valence-electron chi connectivity index (χ4n) is 1.64. The fraction of sp³-hybridized carbons (Fsp3) is 0.733. The third kappa shape index (κ3) is 6.37. The van der Waals surface area contributed by atoms with Crippen LogP contribution >= 0.6 is 11.3 Å². The number of aromatic nitrogens is 1. The minimum Gasteiger partial charge on any atom is -0.357 e. The molecule has 0 aliphatic carbocycles. The van der Waals surface area contributed by atoms with Gasteiger partial charge in [0.2, 0.25) is 0 Å². The summed E-state index contributed by atoms with van der Waals surface area (Å²) in [6.45, 7) is 12.5. The maximum absolute atomic E-state index is 4.63. The molecule has 1 atom stereocenters. The number of aliphatic imine (C=N–C) groups is 1. The molecule has 2 N–H and O–H groups in total. The van der Waals surface area contributed by atoms with Crippen molar-refractivity contribution in [3.8, 4) is 0 Å². The van der Waals surface area contributed by atoms with E-state index in [1.807, 2.05) is 6.92 Å². The molecule has 0 saturated carbocycles. The van der Waals surface area contributed by atoms with Gasteiger partial charge in [-0.3, -0.25) is 4.99 Å². The van der Waals surface area contributed by atoms with Crippen molar-refractivity contribution < 1.29 is 0 Å². The van der Waals surface area contributed by atoms with Crippen LogP contribution in [0, 0.1) is 12.8 Å². The molecule has 0 aliphatic heterocycles. The zero-order chi connectivity index (χ0) is 15.0. The van der Waals surface area contributed by atoms with Crippen molar-refractivity contribution in [1.82, 2.24) is 15.6 Å². The van der Waals surface area contributed by atoms with E-state index < -0.39 is 0 Å². The molecule has 20 heavy (non-hydrogen) atoms. The first-order valence-corrected chi connectivity index (χ1v) is 8.36. The monoisotopic (exact) mass is 296 g/mol. The lowest BCUT2D eigenvalue weighted by Gasteiger charge is -2.20. The summed E-state index contributed by atoms with van der Waals surface area (Å²) in [5.41, 5.74) is 1.12. The van der Waals surface area contributed by atoms with Gasteiger partial charge >= 0.3 is 0 Å². The Morgan fingerprint density at radius 2 is 2.15 bits per heavy atom. The van der Waals surface area contributed by atoms with Crippen molar-refractivity contribution in [1.29, 1.82) is 0 Å². The predicted molar refractivity (Wildman–Crippen MR) is 88.6 cm³/mol. The van der Waals surface area contributed by atoms with Crippen molar-refractivity contribution in [3.05, 3.63) is 16.1 Å². The average molecular weight is 296 g/mol. The van der Waals surface area contributed by atoms with Crippen molar-refractivity contribution in [2.75, 3.05) is 13.1 Å². The van der Waals surface area contributed by atoms with E-state index in [-0.39, 0.29) is 0 Å². The summed E-state index contributed by atoms with van der Waals surface area (Å²) in [5, 5.41) is 10.1. The van der Waals surface area contributed by atoms with Gasteiger partial charge in [0.1, 0.15) is 0 Å². The molecule has 0 fully saturated rings. The van der Waals surface area contributed by atoms with Crippen LogP contribution in [0.5, 0.6) is 0 Å². The van der Waals surface area contributed by atoms with Crippen molar-refractivity contribution in [2.45, 2.75) is 53.5 Å². The van der Waals surface area contributed by atoms with Crippen LogP contribution in [0.3, 0.4) is 0 Å². The normalized spacial score (nSPS) is 13.6. The van der Waals surface area contributed by atoms with Crippen molar-refractivity contribution >= 4 is 17.3 Å². The van der Waals surface area contributed by atoms with Crippen LogP contribution in [0.2, 0.25) is 0 Å². The first-order valence-electron chi connectivity index (χ1n) is 7.48. The number of guanidine groups is 1. The van der Waals surface area contributed by atoms with Crippen LogP contribution in [-0.4, -0.2) is 30.1 Å². The third-order valence-electron chi connectivity index (χ3n) is 3.19. The molecule has 5 heteroatoms. The quantitative estimate of drug-likeness (QED) is 0.462. The van der Waals surface area contributed by atoms with Crippen LogP contribution in [0.4, 0.5) is 0 Å². The van der Waals surface area contributed by atoms with E-state index >= 15 is 0 Å². The van der Waals surface area contributed by atoms with Gasteiger partial charge in [-0.15, -0.1) is 11.3 Å². The molecule has 0 aliphatic rings. The number of nitrogens with one attached hydrogen (secondary N) is 2. The lowest BCUT2D eigenvalue weighted by Crippen LogP contribution is -2.44. The van der Waals surface area contributed by atoms with Crippen LogP contribution in [-0.2, 0) is 6.42 Å². The highest BCUT2D eigenvalue weighted by Crippen LogP contribution is 2.10. The number of hydrogen-bond acceptors (Lipinski definition) is 3. The van der Waals surface area contributed by atoms with E-state index in [0.717, 1.165) is 37.6 Å². The van der Waals surface area contributed by atoms with Crippen LogP contribution < -0.4 is 10.6 Å². The highest BCUT2D eigenvalue weighted by molar-refractivity contribution is 7.09. The molecule has 1 unspecified atom stereocenters. The Hall–Kier alpha value is -1.10. The van der Waals surface area contributed by atoms with Crippen LogP contribution in [0.15, 0.2) is 10.4 Å². The Morgan fingerprint density at radius 3 is 2.70 bits per heavy atom. The molecule has 0 radical (unpaired) electrons. The molecule has 0 bridgehead atoms. The van der Waals surface area contributed by atoms with E-state index in [0.29, 0.717) is 12.0 Å². The largest absolute Gasteiger partial charge is 0.357 e. The average Bonchev–Trinajstić information content (AvgIpc) is 2.80. The second-order valence-corrected chi connectivity index (χ2v) is 6.37. The Labute approximate surface area is 127 Å². The Morgan fingerprint density at radius 1 is 1.40 bits per heavy atom. The topological polar surface area (TPSA) is 49.3 Å². The van der Waals surface area contributed by atoms with Gasteiger partial charge < -0.3 is 10.6 Å². The molecule has 1 aromatic rings. The first kappa shape index (κ1) is 17.0. The van der Waals surface area contributed by atoms with Gasteiger partial charge in [0.05, 0.1) is 5.01 Å². The number of aryl methyl sites for hydroxylation is 2. The van der Waals surface area contributed by atoms with Gasteiger partial charge in [0, 0.05) is 36.6 Å². The molecule has 0 aromatic carbocycles. The Bertz CT molecular complexity index is 412.